The van der Waals surface area contributed by atoms with Crippen LogP contribution in [0.1, 0.15) is 11.4 Å². The normalized spacial score (nSPS) is 9.87. The van der Waals surface area contributed by atoms with Gasteiger partial charge in [-0.3, -0.25) is 4.79 Å². The van der Waals surface area contributed by atoms with Crippen molar-refractivity contribution in [1.82, 2.24) is 15.3 Å². The second-order valence-electron chi connectivity index (χ2n) is 3.48. The number of nitrogens with zero attached hydrogens (tertiary/aromatic N) is 3. The molecule has 0 aliphatic rings. The number of aromatic nitrogens is 2. The zero-order chi connectivity index (χ0) is 11.4. The topological polar surface area (TPSA) is 58.1 Å². The van der Waals surface area contributed by atoms with E-state index in [0.717, 1.165) is 11.4 Å². The van der Waals surface area contributed by atoms with Gasteiger partial charge in [0.05, 0.1) is 6.54 Å². The smallest absolute Gasteiger partial charge is 0.239 e. The molecule has 1 amide bonds. The Morgan fingerprint density at radius 2 is 1.93 bits per heavy atom. The third kappa shape index (κ3) is 3.19. The fourth-order valence-electron chi connectivity index (χ4n) is 1.24. The number of nitrogens with one attached hydrogen (secondary N) is 1. The van der Waals surface area contributed by atoms with E-state index in [1.807, 2.05) is 19.9 Å². The van der Waals surface area contributed by atoms with Crippen molar-refractivity contribution in [2.24, 2.45) is 0 Å². The van der Waals surface area contributed by atoms with Crippen molar-refractivity contribution in [2.75, 3.05) is 25.5 Å². The molecular weight excluding hydrogens is 192 g/mol. The van der Waals surface area contributed by atoms with E-state index in [-0.39, 0.29) is 12.5 Å². The largest absolute Gasteiger partial charge is 0.358 e. The molecule has 1 N–H and O–H groups in total. The minimum Gasteiger partial charge on any atom is -0.358 e. The van der Waals surface area contributed by atoms with Gasteiger partial charge in [0.1, 0.15) is 0 Å². The molecule has 0 unspecified atom stereocenters. The number of rotatable bonds is 3. The van der Waals surface area contributed by atoms with Gasteiger partial charge in [0.25, 0.3) is 0 Å². The average molecular weight is 208 g/mol. The molecule has 1 rings (SSSR count). The van der Waals surface area contributed by atoms with Crippen LogP contribution < -0.4 is 10.2 Å². The Kier molecular flexibility index (Phi) is 3.60. The van der Waals surface area contributed by atoms with Crippen LogP contribution in [0.4, 0.5) is 5.95 Å². The van der Waals surface area contributed by atoms with E-state index in [4.69, 9.17) is 0 Å². The minimum absolute atomic E-state index is 0.0553. The predicted octanol–water partition coefficient (Wildman–Crippen LogP) is 0.276. The fourth-order valence-corrected chi connectivity index (χ4v) is 1.24. The Labute approximate surface area is 89.5 Å². The summed E-state index contributed by atoms with van der Waals surface area (Å²) in [4.78, 5) is 21.4. The van der Waals surface area contributed by atoms with Crippen molar-refractivity contribution < 1.29 is 4.79 Å². The average Bonchev–Trinajstić information content (AvgIpc) is 2.16. The van der Waals surface area contributed by atoms with Crippen LogP contribution in [-0.4, -0.2) is 36.5 Å². The summed E-state index contributed by atoms with van der Waals surface area (Å²) >= 11 is 0. The summed E-state index contributed by atoms with van der Waals surface area (Å²) < 4.78 is 0. The first-order valence-corrected chi connectivity index (χ1v) is 4.77. The van der Waals surface area contributed by atoms with E-state index in [1.54, 1.807) is 19.0 Å². The van der Waals surface area contributed by atoms with Crippen molar-refractivity contribution >= 4 is 11.9 Å². The van der Waals surface area contributed by atoms with Gasteiger partial charge in [-0.1, -0.05) is 0 Å². The summed E-state index contributed by atoms with van der Waals surface area (Å²) in [6.45, 7) is 4.08. The van der Waals surface area contributed by atoms with E-state index in [2.05, 4.69) is 15.3 Å². The molecule has 0 aliphatic heterocycles. The lowest BCUT2D eigenvalue weighted by molar-refractivity contribution is -0.119. The van der Waals surface area contributed by atoms with E-state index < -0.39 is 0 Å². The molecule has 0 spiro atoms. The molecule has 0 bridgehead atoms. The second-order valence-corrected chi connectivity index (χ2v) is 3.48. The first-order chi connectivity index (χ1) is 7.02. The van der Waals surface area contributed by atoms with Crippen molar-refractivity contribution in [2.45, 2.75) is 13.8 Å². The molecule has 15 heavy (non-hydrogen) atoms. The van der Waals surface area contributed by atoms with E-state index in [1.165, 1.54) is 0 Å². The highest BCUT2D eigenvalue weighted by Crippen LogP contribution is 2.07. The molecule has 1 aromatic rings. The lowest BCUT2D eigenvalue weighted by Gasteiger charge is -2.16. The third-order valence-corrected chi connectivity index (χ3v) is 1.97. The first kappa shape index (κ1) is 11.4. The maximum atomic E-state index is 11.2. The van der Waals surface area contributed by atoms with E-state index >= 15 is 0 Å². The van der Waals surface area contributed by atoms with Crippen molar-refractivity contribution in [1.29, 1.82) is 0 Å². The highest BCUT2D eigenvalue weighted by Gasteiger charge is 2.08. The summed E-state index contributed by atoms with van der Waals surface area (Å²) in [6, 6.07) is 1.90. The number of hydrogen-bond donors (Lipinski definition) is 1. The Morgan fingerprint density at radius 3 is 2.40 bits per heavy atom. The minimum atomic E-state index is -0.0553. The Balaban J connectivity index is 2.81. The molecule has 0 saturated heterocycles. The number of anilines is 1. The monoisotopic (exact) mass is 208 g/mol. The standard InChI is InChI=1S/C10H16N4O/c1-7-5-8(2)13-10(12-7)14(4)6-9(15)11-3/h5H,6H2,1-4H3,(H,11,15). The third-order valence-electron chi connectivity index (χ3n) is 1.97. The SMILES string of the molecule is CNC(=O)CN(C)c1nc(C)cc(C)n1. The summed E-state index contributed by atoms with van der Waals surface area (Å²) in [5.74, 6) is 0.524. The zero-order valence-corrected chi connectivity index (χ0v) is 9.53. The van der Waals surface area contributed by atoms with Gasteiger partial charge < -0.3 is 10.2 Å². The van der Waals surface area contributed by atoms with Gasteiger partial charge >= 0.3 is 0 Å². The van der Waals surface area contributed by atoms with Gasteiger partial charge in [-0.15, -0.1) is 0 Å². The maximum Gasteiger partial charge on any atom is 0.239 e. The van der Waals surface area contributed by atoms with Crippen LogP contribution in [-0.2, 0) is 4.79 Å². The van der Waals surface area contributed by atoms with Crippen LogP contribution >= 0.6 is 0 Å². The Hall–Kier alpha value is -1.65. The van der Waals surface area contributed by atoms with Crippen LogP contribution in [0.2, 0.25) is 0 Å². The van der Waals surface area contributed by atoms with Crippen LogP contribution in [0.5, 0.6) is 0 Å². The van der Waals surface area contributed by atoms with Gasteiger partial charge in [-0.2, -0.15) is 0 Å². The number of amides is 1. The predicted molar refractivity (Wildman–Crippen MR) is 58.8 cm³/mol. The van der Waals surface area contributed by atoms with Crippen molar-refractivity contribution in [3.63, 3.8) is 0 Å². The van der Waals surface area contributed by atoms with Gasteiger partial charge in [-0.05, 0) is 19.9 Å². The fraction of sp³-hybridized carbons (Fsp3) is 0.500. The maximum absolute atomic E-state index is 11.2. The molecule has 82 valence electrons. The molecule has 0 fully saturated rings. The van der Waals surface area contributed by atoms with Gasteiger partial charge in [0.2, 0.25) is 11.9 Å². The zero-order valence-electron chi connectivity index (χ0n) is 9.53. The first-order valence-electron chi connectivity index (χ1n) is 4.77. The second kappa shape index (κ2) is 4.72. The molecule has 0 aliphatic carbocycles. The van der Waals surface area contributed by atoms with Gasteiger partial charge in [-0.25, -0.2) is 9.97 Å². The molecule has 1 heterocycles. The lowest BCUT2D eigenvalue weighted by atomic mass is 10.3. The van der Waals surface area contributed by atoms with Crippen molar-refractivity contribution in [3.8, 4) is 0 Å². The molecule has 5 heteroatoms. The molecule has 5 nitrogen and oxygen atoms in total. The Morgan fingerprint density at radius 1 is 1.40 bits per heavy atom. The van der Waals surface area contributed by atoms with Crippen LogP contribution in [0.15, 0.2) is 6.07 Å². The van der Waals surface area contributed by atoms with Gasteiger partial charge in [0, 0.05) is 25.5 Å². The lowest BCUT2D eigenvalue weighted by Crippen LogP contribution is -2.34. The summed E-state index contributed by atoms with van der Waals surface area (Å²) in [5, 5.41) is 2.56. The van der Waals surface area contributed by atoms with Crippen LogP contribution in [0, 0.1) is 13.8 Å². The molecule has 0 radical (unpaired) electrons. The number of aryl methyl sites for hydroxylation is 2. The number of carbonyl (C=O) groups is 1. The highest BCUT2D eigenvalue weighted by molar-refractivity contribution is 5.80. The molecule has 0 aromatic carbocycles. The number of hydrogen-bond acceptors (Lipinski definition) is 4. The summed E-state index contributed by atoms with van der Waals surface area (Å²) in [6.07, 6.45) is 0. The molecule has 1 aromatic heterocycles. The van der Waals surface area contributed by atoms with E-state index in [0.29, 0.717) is 5.95 Å². The van der Waals surface area contributed by atoms with Crippen LogP contribution in [0.25, 0.3) is 0 Å². The van der Waals surface area contributed by atoms with Gasteiger partial charge in [0.15, 0.2) is 0 Å². The highest BCUT2D eigenvalue weighted by atomic mass is 16.1. The van der Waals surface area contributed by atoms with Crippen LogP contribution in [0.3, 0.4) is 0 Å². The summed E-state index contributed by atoms with van der Waals surface area (Å²) in [5.41, 5.74) is 1.81. The number of likely N-dealkylation sites (N-methyl/N-ethyl adjacent to an activating group) is 2. The summed E-state index contributed by atoms with van der Waals surface area (Å²) in [7, 11) is 3.40. The number of carbonyl (C=O) groups excluding carboxylic acids is 1. The molecule has 0 atom stereocenters. The molecular formula is C10H16N4O. The molecule has 0 saturated carbocycles. The Bertz CT molecular complexity index is 344. The van der Waals surface area contributed by atoms with E-state index in [9.17, 15) is 4.79 Å². The quantitative estimate of drug-likeness (QED) is 0.775. The van der Waals surface area contributed by atoms with Crippen molar-refractivity contribution in [3.05, 3.63) is 17.5 Å².